The van der Waals surface area contributed by atoms with Gasteiger partial charge < -0.3 is 10.6 Å². The van der Waals surface area contributed by atoms with E-state index in [-0.39, 0.29) is 11.8 Å². The number of hydrogen-bond donors (Lipinski definition) is 2. The summed E-state index contributed by atoms with van der Waals surface area (Å²) in [7, 11) is 0. The highest BCUT2D eigenvalue weighted by Gasteiger charge is 2.32. The second kappa shape index (κ2) is 5.82. The number of carbonyl (C=O) groups excluding carboxylic acids is 1. The van der Waals surface area contributed by atoms with Gasteiger partial charge >= 0.3 is 0 Å². The van der Waals surface area contributed by atoms with Crippen LogP contribution in [0.2, 0.25) is 0 Å². The van der Waals surface area contributed by atoms with Gasteiger partial charge in [-0.3, -0.25) is 4.79 Å². The number of ketones is 1. The van der Waals surface area contributed by atoms with Crippen LogP contribution in [0.1, 0.15) is 42.0 Å². The molecule has 3 nitrogen and oxygen atoms in total. The van der Waals surface area contributed by atoms with E-state index in [9.17, 15) is 4.79 Å². The van der Waals surface area contributed by atoms with Crippen LogP contribution in [0.25, 0.3) is 0 Å². The van der Waals surface area contributed by atoms with Crippen molar-refractivity contribution in [2.24, 2.45) is 0 Å². The van der Waals surface area contributed by atoms with E-state index in [1.807, 2.05) is 18.2 Å². The first kappa shape index (κ1) is 15.0. The third-order valence-corrected chi connectivity index (χ3v) is 5.10. The smallest absolute Gasteiger partial charge is 0.163 e. The zero-order chi connectivity index (χ0) is 16.7. The predicted molar refractivity (Wildman–Crippen MR) is 98.2 cm³/mol. The maximum atomic E-state index is 12.7. The lowest BCUT2D eigenvalue weighted by atomic mass is 9.87. The molecule has 0 spiro atoms. The molecule has 0 bridgehead atoms. The maximum absolute atomic E-state index is 12.7. The summed E-state index contributed by atoms with van der Waals surface area (Å²) in [4.78, 5) is 12.7. The Morgan fingerprint density at radius 2 is 1.67 bits per heavy atom. The minimum absolute atomic E-state index is 0.0927. The molecule has 2 aliphatic rings. The molecule has 0 saturated carbocycles. The number of anilines is 2. The molecule has 0 radical (unpaired) electrons. The summed E-state index contributed by atoms with van der Waals surface area (Å²) >= 11 is 0. The van der Waals surface area contributed by atoms with Crippen molar-refractivity contribution in [3.8, 4) is 0 Å². The fraction of sp³-hybridized carbons (Fsp3) is 0.286. The maximum Gasteiger partial charge on any atom is 0.163 e. The standard InChI is InChI=1S/C21H22N2O/c1-13-11-17-18(12-14(13)2)23-21(15-7-4-3-5-8-15)20-16(22-17)9-6-10-19(20)24/h3-5,7-8,11-12,21-23H,6,9-10H2,1-2H3. The van der Waals surface area contributed by atoms with Crippen molar-refractivity contribution >= 4 is 17.2 Å². The average Bonchev–Trinajstić information content (AvgIpc) is 2.74. The van der Waals surface area contributed by atoms with Gasteiger partial charge in [-0.2, -0.15) is 0 Å². The zero-order valence-corrected chi connectivity index (χ0v) is 14.1. The number of carbonyl (C=O) groups is 1. The van der Waals surface area contributed by atoms with E-state index in [1.54, 1.807) is 0 Å². The summed E-state index contributed by atoms with van der Waals surface area (Å²) < 4.78 is 0. The van der Waals surface area contributed by atoms with Gasteiger partial charge in [0.1, 0.15) is 0 Å². The van der Waals surface area contributed by atoms with Gasteiger partial charge in [-0.05, 0) is 55.5 Å². The second-order valence-electron chi connectivity index (χ2n) is 6.76. The Bertz CT molecular complexity index is 836. The van der Waals surface area contributed by atoms with E-state index in [4.69, 9.17) is 0 Å². The first-order valence-electron chi connectivity index (χ1n) is 8.59. The molecule has 3 heteroatoms. The summed E-state index contributed by atoms with van der Waals surface area (Å²) in [5, 5.41) is 7.19. The molecule has 1 heterocycles. The average molecular weight is 318 g/mol. The summed E-state index contributed by atoms with van der Waals surface area (Å²) in [6.07, 6.45) is 2.49. The third-order valence-electron chi connectivity index (χ3n) is 5.10. The Morgan fingerprint density at radius 3 is 2.42 bits per heavy atom. The van der Waals surface area contributed by atoms with Crippen LogP contribution < -0.4 is 10.6 Å². The van der Waals surface area contributed by atoms with Crippen molar-refractivity contribution in [3.05, 3.63) is 70.4 Å². The van der Waals surface area contributed by atoms with Crippen LogP contribution in [0.15, 0.2) is 53.7 Å². The van der Waals surface area contributed by atoms with Crippen molar-refractivity contribution < 1.29 is 4.79 Å². The highest BCUT2D eigenvalue weighted by atomic mass is 16.1. The molecular formula is C21H22N2O. The Kier molecular flexibility index (Phi) is 3.64. The molecule has 0 saturated heterocycles. The number of aryl methyl sites for hydroxylation is 2. The number of nitrogens with one attached hydrogen (secondary N) is 2. The van der Waals surface area contributed by atoms with Crippen LogP contribution in [0.5, 0.6) is 0 Å². The lowest BCUT2D eigenvalue weighted by Crippen LogP contribution is -2.23. The van der Waals surface area contributed by atoms with Crippen molar-refractivity contribution in [3.63, 3.8) is 0 Å². The number of fused-ring (bicyclic) bond motifs is 1. The summed E-state index contributed by atoms with van der Waals surface area (Å²) in [6, 6.07) is 14.5. The van der Waals surface area contributed by atoms with Gasteiger partial charge in [0.2, 0.25) is 0 Å². The first-order valence-corrected chi connectivity index (χ1v) is 8.59. The molecule has 2 N–H and O–H groups in total. The zero-order valence-electron chi connectivity index (χ0n) is 14.1. The van der Waals surface area contributed by atoms with Crippen LogP contribution in [-0.2, 0) is 4.79 Å². The molecule has 2 aromatic carbocycles. The van der Waals surface area contributed by atoms with Gasteiger partial charge in [-0.25, -0.2) is 0 Å². The normalized spacial score (nSPS) is 19.8. The van der Waals surface area contributed by atoms with E-state index < -0.39 is 0 Å². The fourth-order valence-electron chi connectivity index (χ4n) is 3.65. The van der Waals surface area contributed by atoms with Gasteiger partial charge in [-0.1, -0.05) is 30.3 Å². The van der Waals surface area contributed by atoms with Crippen molar-refractivity contribution in [2.45, 2.75) is 39.2 Å². The molecular weight excluding hydrogens is 296 g/mol. The van der Waals surface area contributed by atoms with Gasteiger partial charge in [0.15, 0.2) is 5.78 Å². The lowest BCUT2D eigenvalue weighted by molar-refractivity contribution is -0.116. The van der Waals surface area contributed by atoms with Gasteiger partial charge in [0, 0.05) is 17.7 Å². The number of hydrogen-bond acceptors (Lipinski definition) is 3. The van der Waals surface area contributed by atoms with Gasteiger partial charge in [0.05, 0.1) is 17.4 Å². The van der Waals surface area contributed by atoms with E-state index in [1.165, 1.54) is 11.1 Å². The highest BCUT2D eigenvalue weighted by molar-refractivity contribution is 6.00. The molecule has 1 unspecified atom stereocenters. The predicted octanol–water partition coefficient (Wildman–Crippen LogP) is 4.89. The molecule has 1 atom stereocenters. The van der Waals surface area contributed by atoms with Crippen molar-refractivity contribution in [1.29, 1.82) is 0 Å². The SMILES string of the molecule is Cc1cc2c(cc1C)NC(c1ccccc1)C1=C(CCCC1=O)N2. The first-order chi connectivity index (χ1) is 11.6. The molecule has 2 aromatic rings. The number of Topliss-reactive ketones (excluding diaryl/α,β-unsaturated/α-hetero) is 1. The second-order valence-corrected chi connectivity index (χ2v) is 6.76. The van der Waals surface area contributed by atoms with Crippen molar-refractivity contribution in [2.75, 3.05) is 10.6 Å². The third kappa shape index (κ3) is 2.50. The molecule has 1 aliphatic carbocycles. The molecule has 0 fully saturated rings. The van der Waals surface area contributed by atoms with Crippen molar-refractivity contribution in [1.82, 2.24) is 0 Å². The monoisotopic (exact) mass is 318 g/mol. The van der Waals surface area contributed by atoms with Gasteiger partial charge in [0.25, 0.3) is 0 Å². The molecule has 1 aliphatic heterocycles. The van der Waals surface area contributed by atoms with E-state index in [2.05, 4.69) is 48.7 Å². The van der Waals surface area contributed by atoms with E-state index >= 15 is 0 Å². The quantitative estimate of drug-likeness (QED) is 0.786. The van der Waals surface area contributed by atoms with Crippen LogP contribution in [0, 0.1) is 13.8 Å². The summed E-state index contributed by atoms with van der Waals surface area (Å²) in [6.45, 7) is 4.25. The Balaban J connectivity index is 1.89. The number of rotatable bonds is 1. The Labute approximate surface area is 142 Å². The molecule has 122 valence electrons. The lowest BCUT2D eigenvalue weighted by Gasteiger charge is -2.25. The Morgan fingerprint density at radius 1 is 0.958 bits per heavy atom. The number of benzene rings is 2. The molecule has 24 heavy (non-hydrogen) atoms. The van der Waals surface area contributed by atoms with Gasteiger partial charge in [-0.15, -0.1) is 0 Å². The highest BCUT2D eigenvalue weighted by Crippen LogP contribution is 2.41. The molecule has 0 amide bonds. The van der Waals surface area contributed by atoms with Crippen LogP contribution in [0.4, 0.5) is 11.4 Å². The minimum atomic E-state index is -0.0927. The topological polar surface area (TPSA) is 41.1 Å². The summed E-state index contributed by atoms with van der Waals surface area (Å²) in [5.74, 6) is 0.256. The van der Waals surface area contributed by atoms with E-state index in [0.717, 1.165) is 41.1 Å². The van der Waals surface area contributed by atoms with Crippen LogP contribution in [-0.4, -0.2) is 5.78 Å². The Hall–Kier alpha value is -2.55. The molecule has 0 aromatic heterocycles. The van der Waals surface area contributed by atoms with Crippen LogP contribution >= 0.6 is 0 Å². The number of allylic oxidation sites excluding steroid dienone is 1. The fourth-order valence-corrected chi connectivity index (χ4v) is 3.65. The molecule has 4 rings (SSSR count). The summed E-state index contributed by atoms with van der Waals surface area (Å²) in [5.41, 5.74) is 7.75. The van der Waals surface area contributed by atoms with Crippen LogP contribution in [0.3, 0.4) is 0 Å². The largest absolute Gasteiger partial charge is 0.372 e. The minimum Gasteiger partial charge on any atom is -0.372 e. The van der Waals surface area contributed by atoms with E-state index in [0.29, 0.717) is 6.42 Å².